The van der Waals surface area contributed by atoms with Crippen LogP contribution in [0.5, 0.6) is 11.6 Å². The molecule has 0 spiro atoms. The highest BCUT2D eigenvalue weighted by atomic mass is 19.4. The molecule has 0 atom stereocenters. The van der Waals surface area contributed by atoms with Crippen molar-refractivity contribution in [2.75, 3.05) is 12.4 Å². The molecule has 3 aromatic rings. The smallest absolute Gasteiger partial charge is 0.416 e. The van der Waals surface area contributed by atoms with Crippen LogP contribution < -0.4 is 20.1 Å². The van der Waals surface area contributed by atoms with Gasteiger partial charge in [0, 0.05) is 41.8 Å². The molecule has 2 amide bonds. The second-order valence-corrected chi connectivity index (χ2v) is 8.52. The zero-order valence-electron chi connectivity index (χ0n) is 20.0. The summed E-state index contributed by atoms with van der Waals surface area (Å²) in [6.07, 6.45) is 2.72. The van der Waals surface area contributed by atoms with Gasteiger partial charge in [0.15, 0.2) is 5.82 Å². The number of rotatable bonds is 7. The second kappa shape index (κ2) is 11.4. The molecule has 2 heterocycles. The number of carbonyl (C=O) groups is 1. The number of benzene rings is 1. The first-order valence-electron chi connectivity index (χ1n) is 11.6. The lowest BCUT2D eigenvalue weighted by Crippen LogP contribution is -2.41. The number of aromatic nitrogens is 3. The normalized spacial score (nSPS) is 17.6. The molecule has 196 valence electrons. The number of aliphatic hydroxyl groups is 1. The van der Waals surface area contributed by atoms with Gasteiger partial charge in [-0.15, -0.1) is 0 Å². The van der Waals surface area contributed by atoms with E-state index in [0.717, 1.165) is 17.7 Å². The predicted molar refractivity (Wildman–Crippen MR) is 128 cm³/mol. The van der Waals surface area contributed by atoms with E-state index in [1.165, 1.54) is 7.11 Å². The third kappa shape index (κ3) is 6.64. The number of urea groups is 1. The number of carbonyl (C=O) groups excluding carboxylic acids is 1. The molecule has 12 heteroatoms. The molecule has 0 radical (unpaired) electrons. The minimum atomic E-state index is -4.65. The molecule has 0 bridgehead atoms. The van der Waals surface area contributed by atoms with E-state index in [-0.39, 0.29) is 29.1 Å². The number of alkyl halides is 3. The largest absolute Gasteiger partial charge is 0.494 e. The average Bonchev–Trinajstić information content (AvgIpc) is 2.89. The van der Waals surface area contributed by atoms with Crippen molar-refractivity contribution < 1.29 is 32.5 Å². The summed E-state index contributed by atoms with van der Waals surface area (Å²) < 4.78 is 50.9. The van der Waals surface area contributed by atoms with Crippen molar-refractivity contribution >= 4 is 11.7 Å². The molecule has 1 saturated carbocycles. The highest BCUT2D eigenvalue weighted by molar-refractivity contribution is 5.91. The van der Waals surface area contributed by atoms with Crippen LogP contribution in [0.1, 0.15) is 36.8 Å². The fourth-order valence-corrected chi connectivity index (χ4v) is 4.19. The minimum Gasteiger partial charge on any atom is -0.494 e. The topological polar surface area (TPSA) is 118 Å². The Morgan fingerprint density at radius 2 is 1.95 bits per heavy atom. The monoisotopic (exact) mass is 517 g/mol. The van der Waals surface area contributed by atoms with Gasteiger partial charge in [0.1, 0.15) is 11.9 Å². The fraction of sp³-hybridized carbons (Fsp3) is 0.360. The number of pyridine rings is 1. The SMILES string of the molecule is COc1c(CO)cc(C(F)(F)F)cc1NC(=O)NC1CCC(Oc2ccnc(-c3cccnc3)n2)CC1. The summed E-state index contributed by atoms with van der Waals surface area (Å²) >= 11 is 0. The molecule has 9 nitrogen and oxygen atoms in total. The lowest BCUT2D eigenvalue weighted by Gasteiger charge is -2.29. The Morgan fingerprint density at radius 1 is 1.16 bits per heavy atom. The first-order chi connectivity index (χ1) is 17.8. The third-order valence-corrected chi connectivity index (χ3v) is 5.96. The molecule has 0 aliphatic heterocycles. The van der Waals surface area contributed by atoms with Crippen LogP contribution in [0.2, 0.25) is 0 Å². The Hall–Kier alpha value is -3.93. The summed E-state index contributed by atoms with van der Waals surface area (Å²) in [5, 5.41) is 14.7. The van der Waals surface area contributed by atoms with E-state index in [1.54, 1.807) is 30.7 Å². The maximum absolute atomic E-state index is 13.3. The van der Waals surface area contributed by atoms with Gasteiger partial charge < -0.3 is 25.2 Å². The molecule has 1 aliphatic rings. The number of methoxy groups -OCH3 is 1. The molecule has 1 aliphatic carbocycles. The highest BCUT2D eigenvalue weighted by Gasteiger charge is 2.33. The van der Waals surface area contributed by atoms with Crippen LogP contribution in [-0.4, -0.2) is 45.3 Å². The number of amides is 2. The summed E-state index contributed by atoms with van der Waals surface area (Å²) in [5.74, 6) is 0.921. The fourth-order valence-electron chi connectivity index (χ4n) is 4.19. The van der Waals surface area contributed by atoms with Gasteiger partial charge in [0.25, 0.3) is 0 Å². The van der Waals surface area contributed by atoms with Crippen LogP contribution in [-0.2, 0) is 12.8 Å². The lowest BCUT2D eigenvalue weighted by molar-refractivity contribution is -0.137. The van der Waals surface area contributed by atoms with Crippen molar-refractivity contribution in [3.63, 3.8) is 0 Å². The maximum Gasteiger partial charge on any atom is 0.416 e. The van der Waals surface area contributed by atoms with Crippen LogP contribution in [0.25, 0.3) is 11.4 Å². The van der Waals surface area contributed by atoms with E-state index in [2.05, 4.69) is 25.6 Å². The Labute approximate surface area is 211 Å². The van der Waals surface area contributed by atoms with Crippen LogP contribution >= 0.6 is 0 Å². The summed E-state index contributed by atoms with van der Waals surface area (Å²) in [4.78, 5) is 25.3. The van der Waals surface area contributed by atoms with E-state index in [9.17, 15) is 23.1 Å². The number of nitrogens with one attached hydrogen (secondary N) is 2. The minimum absolute atomic E-state index is 0.0294. The molecular formula is C25H26F3N5O4. The quantitative estimate of drug-likeness (QED) is 0.420. The van der Waals surface area contributed by atoms with E-state index in [4.69, 9.17) is 9.47 Å². The van der Waals surface area contributed by atoms with Crippen molar-refractivity contribution in [2.45, 2.75) is 50.6 Å². The first-order valence-corrected chi connectivity index (χ1v) is 11.6. The third-order valence-electron chi connectivity index (χ3n) is 5.96. The molecule has 3 N–H and O–H groups in total. The number of aliphatic hydroxyl groups excluding tert-OH is 1. The van der Waals surface area contributed by atoms with E-state index >= 15 is 0 Å². The zero-order valence-corrected chi connectivity index (χ0v) is 20.0. The summed E-state index contributed by atoms with van der Waals surface area (Å²) in [6.45, 7) is -0.677. The molecule has 0 saturated heterocycles. The van der Waals surface area contributed by atoms with Gasteiger partial charge in [0.05, 0.1) is 25.0 Å². The number of hydrogen-bond donors (Lipinski definition) is 3. The van der Waals surface area contributed by atoms with Gasteiger partial charge in [-0.1, -0.05) is 0 Å². The summed E-state index contributed by atoms with van der Waals surface area (Å²) in [7, 11) is 1.25. The van der Waals surface area contributed by atoms with Crippen LogP contribution in [0.15, 0.2) is 48.9 Å². The lowest BCUT2D eigenvalue weighted by atomic mass is 9.93. The van der Waals surface area contributed by atoms with Gasteiger partial charge >= 0.3 is 12.2 Å². The first kappa shape index (κ1) is 26.1. The van der Waals surface area contributed by atoms with Crippen molar-refractivity contribution in [1.82, 2.24) is 20.3 Å². The number of ether oxygens (including phenoxy) is 2. The van der Waals surface area contributed by atoms with Crippen molar-refractivity contribution in [1.29, 1.82) is 0 Å². The second-order valence-electron chi connectivity index (χ2n) is 8.52. The number of halogens is 3. The van der Waals surface area contributed by atoms with Crippen molar-refractivity contribution in [3.8, 4) is 23.0 Å². The highest BCUT2D eigenvalue weighted by Crippen LogP contribution is 2.38. The van der Waals surface area contributed by atoms with Crippen molar-refractivity contribution in [3.05, 3.63) is 60.0 Å². The van der Waals surface area contributed by atoms with E-state index in [1.807, 2.05) is 6.07 Å². The maximum atomic E-state index is 13.3. The molecule has 2 aromatic heterocycles. The van der Waals surface area contributed by atoms with Gasteiger partial charge in [-0.3, -0.25) is 4.98 Å². The van der Waals surface area contributed by atoms with Gasteiger partial charge in [-0.05, 0) is 49.9 Å². The standard InChI is InChI=1S/C25H26F3N5O4/c1-36-22-16(14-34)11-17(25(26,27)28)12-20(22)32-24(35)31-18-4-6-19(7-5-18)37-21-8-10-30-23(33-21)15-3-2-9-29-13-15/h2-3,8-13,18-19,34H,4-7,14H2,1H3,(H2,31,32,35). The Morgan fingerprint density at radius 3 is 2.59 bits per heavy atom. The Kier molecular flexibility index (Phi) is 8.07. The van der Waals surface area contributed by atoms with Gasteiger partial charge in [0.2, 0.25) is 5.88 Å². The number of hydrogen-bond acceptors (Lipinski definition) is 7. The summed E-state index contributed by atoms with van der Waals surface area (Å²) in [5.41, 5.74) is -0.483. The molecule has 4 rings (SSSR count). The van der Waals surface area contributed by atoms with E-state index in [0.29, 0.717) is 37.4 Å². The average molecular weight is 518 g/mol. The van der Waals surface area contributed by atoms with Crippen LogP contribution in [0, 0.1) is 0 Å². The summed E-state index contributed by atoms with van der Waals surface area (Å²) in [6, 6.07) is 6.05. The molecule has 37 heavy (non-hydrogen) atoms. The van der Waals surface area contributed by atoms with Gasteiger partial charge in [-0.25, -0.2) is 9.78 Å². The zero-order chi connectivity index (χ0) is 26.4. The van der Waals surface area contributed by atoms with Crippen molar-refractivity contribution in [2.24, 2.45) is 0 Å². The number of nitrogens with zero attached hydrogens (tertiary/aromatic N) is 3. The van der Waals surface area contributed by atoms with E-state index < -0.39 is 24.4 Å². The predicted octanol–water partition coefficient (Wildman–Crippen LogP) is 4.57. The molecule has 1 aromatic carbocycles. The van der Waals surface area contributed by atoms with Gasteiger partial charge in [-0.2, -0.15) is 18.2 Å². The molecule has 0 unspecified atom stereocenters. The molecule has 1 fully saturated rings. The number of anilines is 1. The molecular weight excluding hydrogens is 491 g/mol. The van der Waals surface area contributed by atoms with Crippen LogP contribution in [0.4, 0.5) is 23.7 Å². The Balaban J connectivity index is 1.33. The van der Waals surface area contributed by atoms with Crippen LogP contribution in [0.3, 0.4) is 0 Å². The Bertz CT molecular complexity index is 1220.